The van der Waals surface area contributed by atoms with Crippen LogP contribution in [0.2, 0.25) is 5.02 Å². The molecule has 1 aliphatic rings. The van der Waals surface area contributed by atoms with Crippen LogP contribution in [0.5, 0.6) is 5.75 Å². The van der Waals surface area contributed by atoms with E-state index in [9.17, 15) is 9.90 Å². The van der Waals surface area contributed by atoms with Crippen molar-refractivity contribution in [3.8, 4) is 5.75 Å². The average Bonchev–Trinajstić information content (AvgIpc) is 2.29. The molecule has 4 nitrogen and oxygen atoms in total. The lowest BCUT2D eigenvalue weighted by molar-refractivity contribution is -0.118. The molecule has 1 atom stereocenters. The van der Waals surface area contributed by atoms with Gasteiger partial charge in [-0.1, -0.05) is 11.6 Å². The van der Waals surface area contributed by atoms with Gasteiger partial charge in [-0.05, 0) is 39.0 Å². The summed E-state index contributed by atoms with van der Waals surface area (Å²) < 4.78 is 5.77. The molecule has 1 aromatic rings. The lowest BCUT2D eigenvalue weighted by Crippen LogP contribution is -2.53. The van der Waals surface area contributed by atoms with Gasteiger partial charge in [-0.3, -0.25) is 4.79 Å². The number of amides is 1. The third-order valence-electron chi connectivity index (χ3n) is 3.05. The van der Waals surface area contributed by atoms with Crippen LogP contribution in [-0.4, -0.2) is 40.7 Å². The first kappa shape index (κ1) is 14.2. The van der Waals surface area contributed by atoms with Crippen LogP contribution in [0.15, 0.2) is 18.2 Å². The summed E-state index contributed by atoms with van der Waals surface area (Å²) in [5.41, 5.74) is 0.126. The second-order valence-electron chi connectivity index (χ2n) is 5.54. The summed E-state index contributed by atoms with van der Waals surface area (Å²) in [6.07, 6.45) is 0.000266. The second kappa shape index (κ2) is 5.02. The highest BCUT2D eigenvalue weighted by atomic mass is 35.5. The molecule has 1 heterocycles. The van der Waals surface area contributed by atoms with Gasteiger partial charge in [0.15, 0.2) is 0 Å². The van der Waals surface area contributed by atoms with Crippen molar-refractivity contribution in [1.82, 2.24) is 4.90 Å². The van der Waals surface area contributed by atoms with Gasteiger partial charge in [0.05, 0.1) is 16.7 Å². The Morgan fingerprint density at radius 2 is 2.21 bits per heavy atom. The van der Waals surface area contributed by atoms with Crippen molar-refractivity contribution < 1.29 is 14.6 Å². The molecule has 0 radical (unpaired) electrons. The Labute approximate surface area is 117 Å². The maximum absolute atomic E-state index is 12.4. The maximum atomic E-state index is 12.4. The highest BCUT2D eigenvalue weighted by molar-refractivity contribution is 6.32. The van der Waals surface area contributed by atoms with Gasteiger partial charge in [0.1, 0.15) is 5.75 Å². The molecule has 1 amide bonds. The van der Waals surface area contributed by atoms with Crippen molar-refractivity contribution in [1.29, 1.82) is 0 Å². The van der Waals surface area contributed by atoms with Crippen LogP contribution in [0.3, 0.4) is 0 Å². The van der Waals surface area contributed by atoms with E-state index in [4.69, 9.17) is 16.3 Å². The van der Waals surface area contributed by atoms with Crippen LogP contribution in [0.4, 0.5) is 0 Å². The van der Waals surface area contributed by atoms with Gasteiger partial charge in [0.2, 0.25) is 0 Å². The van der Waals surface area contributed by atoms with Gasteiger partial charge in [-0.25, -0.2) is 0 Å². The number of benzene rings is 1. The molecule has 104 valence electrons. The maximum Gasteiger partial charge on any atom is 0.254 e. The fraction of sp³-hybridized carbons (Fsp3) is 0.500. The lowest BCUT2D eigenvalue weighted by Gasteiger charge is -2.41. The number of rotatable bonds is 1. The van der Waals surface area contributed by atoms with Gasteiger partial charge in [-0.2, -0.15) is 0 Å². The van der Waals surface area contributed by atoms with E-state index in [2.05, 4.69) is 0 Å². The number of nitrogens with zero attached hydrogens (tertiary/aromatic N) is 1. The van der Waals surface area contributed by atoms with Gasteiger partial charge < -0.3 is 14.7 Å². The molecule has 0 saturated carbocycles. The SMILES string of the molecule is CC1CN(C(=O)c2ccc(O)c(Cl)c2)CC(C)(C)O1. The summed E-state index contributed by atoms with van der Waals surface area (Å²) in [7, 11) is 0. The van der Waals surface area contributed by atoms with Crippen LogP contribution < -0.4 is 0 Å². The molecule has 1 saturated heterocycles. The Morgan fingerprint density at radius 3 is 2.79 bits per heavy atom. The third-order valence-corrected chi connectivity index (χ3v) is 3.35. The number of halogens is 1. The van der Waals surface area contributed by atoms with E-state index in [1.54, 1.807) is 11.0 Å². The van der Waals surface area contributed by atoms with E-state index in [0.717, 1.165) is 0 Å². The van der Waals surface area contributed by atoms with E-state index < -0.39 is 0 Å². The number of phenolic OH excluding ortho intramolecular Hbond substituents is 1. The number of carbonyl (C=O) groups is 1. The zero-order valence-corrected chi connectivity index (χ0v) is 12.1. The fourth-order valence-electron chi connectivity index (χ4n) is 2.43. The highest BCUT2D eigenvalue weighted by Gasteiger charge is 2.34. The van der Waals surface area contributed by atoms with E-state index in [1.165, 1.54) is 12.1 Å². The van der Waals surface area contributed by atoms with Crippen molar-refractivity contribution in [2.75, 3.05) is 13.1 Å². The predicted octanol–water partition coefficient (Wildman–Crippen LogP) is 2.69. The normalized spacial score (nSPS) is 22.3. The zero-order chi connectivity index (χ0) is 14.2. The van der Waals surface area contributed by atoms with Gasteiger partial charge >= 0.3 is 0 Å². The number of phenols is 1. The van der Waals surface area contributed by atoms with Gasteiger partial charge in [0, 0.05) is 18.7 Å². The molecule has 0 bridgehead atoms. The molecular formula is C14H18ClNO3. The van der Waals surface area contributed by atoms with Crippen molar-refractivity contribution >= 4 is 17.5 Å². The molecule has 1 unspecified atom stereocenters. The summed E-state index contributed by atoms with van der Waals surface area (Å²) in [4.78, 5) is 14.2. The minimum atomic E-state index is -0.353. The van der Waals surface area contributed by atoms with Crippen LogP contribution in [0, 0.1) is 0 Å². The number of hydrogen-bond acceptors (Lipinski definition) is 3. The summed E-state index contributed by atoms with van der Waals surface area (Å²) in [5.74, 6) is -0.112. The standard InChI is InChI=1S/C14H18ClNO3/c1-9-7-16(8-14(2,3)19-9)13(18)10-4-5-12(17)11(15)6-10/h4-6,9,17H,7-8H2,1-3H3. The fourth-order valence-corrected chi connectivity index (χ4v) is 2.61. The lowest BCUT2D eigenvalue weighted by atomic mass is 10.0. The molecule has 19 heavy (non-hydrogen) atoms. The van der Waals surface area contributed by atoms with E-state index in [-0.39, 0.29) is 28.4 Å². The second-order valence-corrected chi connectivity index (χ2v) is 5.95. The van der Waals surface area contributed by atoms with Crippen molar-refractivity contribution in [2.45, 2.75) is 32.5 Å². The largest absolute Gasteiger partial charge is 0.506 e. The zero-order valence-electron chi connectivity index (χ0n) is 11.3. The number of ether oxygens (including phenoxy) is 1. The van der Waals surface area contributed by atoms with E-state index >= 15 is 0 Å². The van der Waals surface area contributed by atoms with Crippen LogP contribution in [0.1, 0.15) is 31.1 Å². The topological polar surface area (TPSA) is 49.8 Å². The number of carbonyl (C=O) groups excluding carboxylic acids is 1. The van der Waals surface area contributed by atoms with Crippen LogP contribution >= 0.6 is 11.6 Å². The monoisotopic (exact) mass is 283 g/mol. The Morgan fingerprint density at radius 1 is 1.53 bits per heavy atom. The molecule has 0 aromatic heterocycles. The number of morpholine rings is 1. The van der Waals surface area contributed by atoms with E-state index in [1.807, 2.05) is 20.8 Å². The molecule has 2 rings (SSSR count). The summed E-state index contributed by atoms with van der Waals surface area (Å²) in [5, 5.41) is 9.57. The molecule has 5 heteroatoms. The third kappa shape index (κ3) is 3.19. The summed E-state index contributed by atoms with van der Waals surface area (Å²) >= 11 is 5.84. The van der Waals surface area contributed by atoms with Crippen LogP contribution in [-0.2, 0) is 4.74 Å². The van der Waals surface area contributed by atoms with Gasteiger partial charge in [0.25, 0.3) is 5.91 Å². The first-order chi connectivity index (χ1) is 8.78. The predicted molar refractivity (Wildman–Crippen MR) is 73.6 cm³/mol. The molecule has 1 fully saturated rings. The minimum absolute atomic E-state index is 0.000266. The summed E-state index contributed by atoms with van der Waals surface area (Å²) in [6.45, 7) is 6.97. The molecule has 1 aromatic carbocycles. The Kier molecular flexibility index (Phi) is 3.74. The quantitative estimate of drug-likeness (QED) is 0.862. The Balaban J connectivity index is 2.21. The average molecular weight is 284 g/mol. The Bertz CT molecular complexity index is 501. The van der Waals surface area contributed by atoms with Crippen molar-refractivity contribution in [3.05, 3.63) is 28.8 Å². The highest BCUT2D eigenvalue weighted by Crippen LogP contribution is 2.26. The minimum Gasteiger partial charge on any atom is -0.506 e. The first-order valence-corrected chi connectivity index (χ1v) is 6.62. The number of aromatic hydroxyl groups is 1. The molecule has 0 aliphatic carbocycles. The molecule has 0 spiro atoms. The van der Waals surface area contributed by atoms with Crippen molar-refractivity contribution in [2.24, 2.45) is 0 Å². The van der Waals surface area contributed by atoms with Crippen molar-refractivity contribution in [3.63, 3.8) is 0 Å². The molecular weight excluding hydrogens is 266 g/mol. The molecule has 1 N–H and O–H groups in total. The first-order valence-electron chi connectivity index (χ1n) is 6.24. The summed E-state index contributed by atoms with van der Waals surface area (Å²) in [6, 6.07) is 4.51. The number of hydrogen-bond donors (Lipinski definition) is 1. The van der Waals surface area contributed by atoms with Gasteiger partial charge in [-0.15, -0.1) is 0 Å². The Hall–Kier alpha value is -1.26. The van der Waals surface area contributed by atoms with Crippen LogP contribution in [0.25, 0.3) is 0 Å². The smallest absolute Gasteiger partial charge is 0.254 e. The van der Waals surface area contributed by atoms with E-state index in [0.29, 0.717) is 18.7 Å². The molecule has 1 aliphatic heterocycles.